The molecule has 0 aromatic heterocycles. The van der Waals surface area contributed by atoms with Gasteiger partial charge in [0, 0.05) is 64.3 Å². The van der Waals surface area contributed by atoms with Crippen molar-refractivity contribution in [3.05, 3.63) is 70.7 Å². The number of methoxy groups -OCH3 is 2. The minimum Gasteiger partial charge on any atom is -0.497 e. The number of amides is 1. The molecular formula is C33H31ClF3N3O5. The monoisotopic (exact) mass is 641 g/mol. The fraction of sp³-hybridized carbons (Fsp3) is 0.394. The Hall–Kier alpha value is -4.30. The van der Waals surface area contributed by atoms with Crippen molar-refractivity contribution < 1.29 is 36.9 Å². The summed E-state index contributed by atoms with van der Waals surface area (Å²) in [4.78, 5) is 16.1. The van der Waals surface area contributed by atoms with E-state index in [1.807, 2.05) is 0 Å². The third kappa shape index (κ3) is 6.43. The predicted octanol–water partition coefficient (Wildman–Crippen LogP) is 7.56. The lowest BCUT2D eigenvalue weighted by Crippen LogP contribution is -2.38. The average Bonchev–Trinajstić information content (AvgIpc) is 3.92. The zero-order chi connectivity index (χ0) is 32.0. The van der Waals surface area contributed by atoms with Crippen molar-refractivity contribution >= 4 is 28.9 Å². The number of anilines is 2. The number of nitrogens with one attached hydrogen (secondary N) is 1. The van der Waals surface area contributed by atoms with Crippen LogP contribution in [-0.2, 0) is 10.2 Å². The van der Waals surface area contributed by atoms with Crippen molar-refractivity contribution in [3.8, 4) is 29.1 Å². The highest BCUT2D eigenvalue weighted by molar-refractivity contribution is 6.30. The molecule has 1 heterocycles. The van der Waals surface area contributed by atoms with E-state index >= 15 is 0 Å². The lowest BCUT2D eigenvalue weighted by molar-refractivity contribution is -0.274. The zero-order valence-electron chi connectivity index (χ0n) is 24.7. The molecule has 1 atom stereocenters. The second-order valence-electron chi connectivity index (χ2n) is 11.9. The van der Waals surface area contributed by atoms with Gasteiger partial charge in [0.05, 0.1) is 32.6 Å². The van der Waals surface area contributed by atoms with E-state index in [0.29, 0.717) is 58.8 Å². The van der Waals surface area contributed by atoms with Gasteiger partial charge < -0.3 is 29.2 Å². The smallest absolute Gasteiger partial charge is 0.497 e. The molecule has 0 radical (unpaired) electrons. The van der Waals surface area contributed by atoms with Crippen LogP contribution in [0.2, 0.25) is 5.02 Å². The van der Waals surface area contributed by atoms with E-state index in [9.17, 15) is 23.2 Å². The first-order chi connectivity index (χ1) is 21.5. The summed E-state index contributed by atoms with van der Waals surface area (Å²) in [5.74, 6) is 0.528. The van der Waals surface area contributed by atoms with Crippen molar-refractivity contribution in [1.29, 1.82) is 5.26 Å². The summed E-state index contributed by atoms with van der Waals surface area (Å²) in [7, 11) is 2.98. The van der Waals surface area contributed by atoms with Gasteiger partial charge in [0.15, 0.2) is 0 Å². The number of benzene rings is 3. The number of hydrogen-bond donors (Lipinski definition) is 1. The largest absolute Gasteiger partial charge is 0.573 e. The highest BCUT2D eigenvalue weighted by Gasteiger charge is 2.54. The van der Waals surface area contributed by atoms with Crippen LogP contribution in [0.15, 0.2) is 54.6 Å². The summed E-state index contributed by atoms with van der Waals surface area (Å²) >= 11 is 6.25. The molecule has 2 fully saturated rings. The number of rotatable bonds is 11. The quantitative estimate of drug-likeness (QED) is 0.231. The molecule has 2 saturated carbocycles. The number of nitrogens with zero attached hydrogens (tertiary/aromatic N) is 2. The van der Waals surface area contributed by atoms with Crippen molar-refractivity contribution in [2.45, 2.75) is 49.9 Å². The third-order valence-electron chi connectivity index (χ3n) is 8.78. The SMILES string of the molecule is COc1cc(NC(C(=O)N2CC3(CC3)c3ccc(OC(F)(F)F)cc32)c2ccc(Cl)cc2OC)cc(OCC2(CC#N)CC2)c1. The molecule has 236 valence electrons. The standard InChI is InChI=1S/C33H31ClF3N3O5/c1-42-23-14-21(15-24(16-23)44-19-31(7-8-31)11-12-38)39-29(25-5-3-20(34)13-28(25)43-2)30(41)40-18-32(9-10-32)26-6-4-22(17-27(26)40)45-33(35,36)37/h3-6,13-17,29,39H,7-11,18-19H2,1-2H3. The average molecular weight is 642 g/mol. The molecule has 0 saturated heterocycles. The molecule has 3 aromatic carbocycles. The van der Waals surface area contributed by atoms with Gasteiger partial charge in [-0.15, -0.1) is 13.2 Å². The van der Waals surface area contributed by atoms with Crippen LogP contribution in [0.5, 0.6) is 23.0 Å². The first kappa shape index (κ1) is 30.7. The van der Waals surface area contributed by atoms with Gasteiger partial charge >= 0.3 is 6.36 Å². The second-order valence-corrected chi connectivity index (χ2v) is 12.4. The topological polar surface area (TPSA) is 93.1 Å². The molecular weight excluding hydrogens is 611 g/mol. The molecule has 12 heteroatoms. The van der Waals surface area contributed by atoms with Crippen LogP contribution in [0.4, 0.5) is 24.5 Å². The maximum atomic E-state index is 14.6. The normalized spacial score (nSPS) is 17.6. The molecule has 6 rings (SSSR count). The predicted molar refractivity (Wildman–Crippen MR) is 161 cm³/mol. The van der Waals surface area contributed by atoms with Crippen LogP contribution in [-0.4, -0.2) is 39.6 Å². The summed E-state index contributed by atoms with van der Waals surface area (Å²) in [5.41, 5.74) is 1.70. The van der Waals surface area contributed by atoms with Gasteiger partial charge in [-0.25, -0.2) is 0 Å². The van der Waals surface area contributed by atoms with Crippen LogP contribution >= 0.6 is 11.6 Å². The molecule has 3 aromatic rings. The first-order valence-corrected chi connectivity index (χ1v) is 14.9. The Bertz CT molecular complexity index is 1670. The number of carbonyl (C=O) groups excluding carboxylic acids is 1. The molecule has 1 amide bonds. The van der Waals surface area contributed by atoms with Gasteiger partial charge in [-0.1, -0.05) is 23.7 Å². The Kier molecular flexibility index (Phi) is 7.89. The van der Waals surface area contributed by atoms with Crippen molar-refractivity contribution in [3.63, 3.8) is 0 Å². The van der Waals surface area contributed by atoms with Gasteiger partial charge in [0.1, 0.15) is 29.0 Å². The Morgan fingerprint density at radius 3 is 2.42 bits per heavy atom. The minimum atomic E-state index is -4.88. The van der Waals surface area contributed by atoms with Crippen molar-refractivity contribution in [1.82, 2.24) is 0 Å². The summed E-state index contributed by atoms with van der Waals surface area (Å²) in [6, 6.07) is 15.5. The van der Waals surface area contributed by atoms with Crippen molar-refractivity contribution in [2.75, 3.05) is 37.6 Å². The number of carbonyl (C=O) groups is 1. The molecule has 8 nitrogen and oxygen atoms in total. The Balaban J connectivity index is 1.36. The van der Waals surface area contributed by atoms with Gasteiger partial charge in [-0.3, -0.25) is 4.79 Å². The highest BCUT2D eigenvalue weighted by Crippen LogP contribution is 2.57. The Morgan fingerprint density at radius 1 is 1.02 bits per heavy atom. The summed E-state index contributed by atoms with van der Waals surface area (Å²) in [6.07, 6.45) is -1.01. The zero-order valence-corrected chi connectivity index (χ0v) is 25.4. The lowest BCUT2D eigenvalue weighted by Gasteiger charge is -2.28. The van der Waals surface area contributed by atoms with Gasteiger partial charge in [-0.05, 0) is 49.4 Å². The third-order valence-corrected chi connectivity index (χ3v) is 9.02. The van der Waals surface area contributed by atoms with Crippen LogP contribution in [0.1, 0.15) is 49.3 Å². The minimum absolute atomic E-state index is 0.156. The number of alkyl halides is 3. The first-order valence-electron chi connectivity index (χ1n) is 14.5. The van der Waals surface area contributed by atoms with E-state index in [2.05, 4.69) is 16.1 Å². The van der Waals surface area contributed by atoms with E-state index in [1.165, 1.54) is 31.3 Å². The fourth-order valence-electron chi connectivity index (χ4n) is 5.96. The van der Waals surface area contributed by atoms with E-state index in [1.54, 1.807) is 42.5 Å². The molecule has 1 unspecified atom stereocenters. The van der Waals surface area contributed by atoms with Crippen LogP contribution in [0.25, 0.3) is 0 Å². The van der Waals surface area contributed by atoms with Crippen molar-refractivity contribution in [2.24, 2.45) is 5.41 Å². The maximum absolute atomic E-state index is 14.6. The highest BCUT2D eigenvalue weighted by atomic mass is 35.5. The van der Waals surface area contributed by atoms with Crippen LogP contribution < -0.4 is 29.2 Å². The molecule has 2 aliphatic carbocycles. The summed E-state index contributed by atoms with van der Waals surface area (Å²) < 4.78 is 60.8. The van der Waals surface area contributed by atoms with Gasteiger partial charge in [0.25, 0.3) is 5.91 Å². The summed E-state index contributed by atoms with van der Waals surface area (Å²) in [6.45, 7) is 0.688. The molecule has 1 aliphatic heterocycles. The fourth-order valence-corrected chi connectivity index (χ4v) is 6.12. The van der Waals surface area contributed by atoms with Gasteiger partial charge in [-0.2, -0.15) is 5.26 Å². The molecule has 1 N–H and O–H groups in total. The maximum Gasteiger partial charge on any atom is 0.573 e. The molecule has 0 bridgehead atoms. The molecule has 45 heavy (non-hydrogen) atoms. The number of nitriles is 1. The van der Waals surface area contributed by atoms with E-state index in [4.69, 9.17) is 25.8 Å². The number of fused-ring (bicyclic) bond motifs is 2. The Morgan fingerprint density at radius 2 is 1.78 bits per heavy atom. The van der Waals surface area contributed by atoms with E-state index in [0.717, 1.165) is 31.2 Å². The number of halogens is 4. The summed E-state index contributed by atoms with van der Waals surface area (Å²) in [5, 5.41) is 12.9. The lowest BCUT2D eigenvalue weighted by atomic mass is 9.99. The van der Waals surface area contributed by atoms with E-state index in [-0.39, 0.29) is 10.8 Å². The number of ether oxygens (including phenoxy) is 4. The molecule has 3 aliphatic rings. The van der Waals surface area contributed by atoms with E-state index < -0.39 is 24.1 Å². The molecule has 1 spiro atoms. The van der Waals surface area contributed by atoms with Crippen LogP contribution in [0.3, 0.4) is 0 Å². The second kappa shape index (κ2) is 11.6. The van der Waals surface area contributed by atoms with Crippen LogP contribution in [0, 0.1) is 16.7 Å². The van der Waals surface area contributed by atoms with Gasteiger partial charge in [0.2, 0.25) is 0 Å². The number of hydrogen-bond acceptors (Lipinski definition) is 7. The Labute approximate surface area is 263 Å².